The maximum Gasteiger partial charge on any atom is 0.460 e. The molecule has 0 aliphatic heterocycles. The number of hydrogen-bond donors (Lipinski definition) is 0. The SMILES string of the molecule is C=CC(=O)CCC(F)(F)C(F)(F)C(F)(F)C(F)(F)C(F)(F)C(F)(F)F. The number of allylic oxidation sites excluding steroid dienone is 1. The first-order chi connectivity index (χ1) is 10.7. The summed E-state index contributed by atoms with van der Waals surface area (Å²) in [5.41, 5.74) is 0. The van der Waals surface area contributed by atoms with Crippen LogP contribution in [0.3, 0.4) is 0 Å². The average Bonchev–Trinajstić information content (AvgIpc) is 2.42. The quantitative estimate of drug-likeness (QED) is 0.400. The minimum Gasteiger partial charge on any atom is -0.295 e. The first-order valence-corrected chi connectivity index (χ1v) is 5.81. The Bertz CT molecular complexity index is 517. The Morgan fingerprint density at radius 1 is 0.680 bits per heavy atom. The lowest BCUT2D eigenvalue weighted by Gasteiger charge is -2.39. The molecule has 0 aromatic heterocycles. The van der Waals surface area contributed by atoms with Crippen LogP contribution in [0.25, 0.3) is 0 Å². The van der Waals surface area contributed by atoms with Crippen molar-refractivity contribution in [2.24, 2.45) is 0 Å². The van der Waals surface area contributed by atoms with E-state index in [2.05, 4.69) is 6.58 Å². The second-order valence-electron chi connectivity index (χ2n) is 4.67. The van der Waals surface area contributed by atoms with Gasteiger partial charge in [-0.3, -0.25) is 4.79 Å². The summed E-state index contributed by atoms with van der Waals surface area (Å²) in [6, 6.07) is 0. The predicted molar refractivity (Wildman–Crippen MR) is 55.2 cm³/mol. The van der Waals surface area contributed by atoms with Crippen LogP contribution in [0.4, 0.5) is 57.1 Å². The van der Waals surface area contributed by atoms with Gasteiger partial charge in [-0.1, -0.05) is 6.58 Å². The van der Waals surface area contributed by atoms with Crippen LogP contribution in [-0.2, 0) is 4.79 Å². The first-order valence-electron chi connectivity index (χ1n) is 5.81. The number of carbonyl (C=O) groups excluding carboxylic acids is 1. The normalized spacial score (nSPS) is 15.2. The summed E-state index contributed by atoms with van der Waals surface area (Å²) in [5.74, 6) is -38.5. The Labute approximate surface area is 130 Å². The molecular formula is C11H7F13O. The van der Waals surface area contributed by atoms with E-state index < -0.39 is 54.4 Å². The topological polar surface area (TPSA) is 17.1 Å². The predicted octanol–water partition coefficient (Wildman–Crippen LogP) is 5.26. The molecule has 0 fully saturated rings. The Hall–Kier alpha value is -1.50. The van der Waals surface area contributed by atoms with Crippen molar-refractivity contribution in [3.63, 3.8) is 0 Å². The molecule has 0 aromatic rings. The van der Waals surface area contributed by atoms with Crippen LogP contribution in [-0.4, -0.2) is 41.6 Å². The van der Waals surface area contributed by atoms with Crippen molar-refractivity contribution >= 4 is 5.78 Å². The molecule has 0 amide bonds. The van der Waals surface area contributed by atoms with Gasteiger partial charge < -0.3 is 0 Å². The highest BCUT2D eigenvalue weighted by Crippen LogP contribution is 2.60. The zero-order chi connectivity index (χ0) is 20.7. The molecule has 0 atom stereocenters. The Morgan fingerprint density at radius 3 is 1.36 bits per heavy atom. The number of rotatable bonds is 8. The third kappa shape index (κ3) is 3.57. The molecule has 25 heavy (non-hydrogen) atoms. The van der Waals surface area contributed by atoms with Crippen LogP contribution in [0.1, 0.15) is 12.8 Å². The number of hydrogen-bond acceptors (Lipinski definition) is 1. The fourth-order valence-corrected chi connectivity index (χ4v) is 1.34. The molecule has 148 valence electrons. The van der Waals surface area contributed by atoms with Gasteiger partial charge in [-0.25, -0.2) is 0 Å². The summed E-state index contributed by atoms with van der Waals surface area (Å²) >= 11 is 0. The fourth-order valence-electron chi connectivity index (χ4n) is 1.34. The second-order valence-corrected chi connectivity index (χ2v) is 4.67. The minimum absolute atomic E-state index is 0.277. The largest absolute Gasteiger partial charge is 0.460 e. The van der Waals surface area contributed by atoms with Crippen LogP contribution in [0, 0.1) is 0 Å². The van der Waals surface area contributed by atoms with Gasteiger partial charge in [0.05, 0.1) is 0 Å². The molecule has 0 saturated carbocycles. The molecule has 0 radical (unpaired) electrons. The lowest BCUT2D eigenvalue weighted by molar-refractivity contribution is -0.440. The molecule has 0 bridgehead atoms. The van der Waals surface area contributed by atoms with E-state index >= 15 is 0 Å². The van der Waals surface area contributed by atoms with Gasteiger partial charge in [0.2, 0.25) is 0 Å². The van der Waals surface area contributed by atoms with Gasteiger partial charge in [-0.15, -0.1) is 0 Å². The van der Waals surface area contributed by atoms with Crippen molar-refractivity contribution in [2.75, 3.05) is 0 Å². The number of alkyl halides is 13. The first kappa shape index (κ1) is 23.5. The van der Waals surface area contributed by atoms with Gasteiger partial charge in [-0.2, -0.15) is 57.1 Å². The zero-order valence-corrected chi connectivity index (χ0v) is 11.5. The number of ketones is 1. The van der Waals surface area contributed by atoms with Gasteiger partial charge >= 0.3 is 35.8 Å². The van der Waals surface area contributed by atoms with E-state index in [0.717, 1.165) is 0 Å². The molecule has 0 aromatic carbocycles. The highest BCUT2D eigenvalue weighted by molar-refractivity contribution is 5.89. The summed E-state index contributed by atoms with van der Waals surface area (Å²) in [6.45, 7) is 2.70. The number of carbonyl (C=O) groups is 1. The lowest BCUT2D eigenvalue weighted by atomic mass is 9.91. The Balaban J connectivity index is 6.02. The Kier molecular flexibility index (Phi) is 5.96. The third-order valence-electron chi connectivity index (χ3n) is 2.91. The van der Waals surface area contributed by atoms with Crippen LogP contribution >= 0.6 is 0 Å². The van der Waals surface area contributed by atoms with E-state index in [-0.39, 0.29) is 6.08 Å². The van der Waals surface area contributed by atoms with Crippen molar-refractivity contribution in [1.82, 2.24) is 0 Å². The van der Waals surface area contributed by atoms with Gasteiger partial charge in [0.15, 0.2) is 5.78 Å². The summed E-state index contributed by atoms with van der Waals surface area (Å²) in [5, 5.41) is 0. The van der Waals surface area contributed by atoms with Crippen LogP contribution in [0.2, 0.25) is 0 Å². The maximum atomic E-state index is 13.1. The van der Waals surface area contributed by atoms with E-state index in [0.29, 0.717) is 0 Å². The Morgan fingerprint density at radius 2 is 1.04 bits per heavy atom. The summed E-state index contributed by atoms with van der Waals surface area (Å²) in [4.78, 5) is 10.6. The standard InChI is InChI=1S/C11H7F13O/c1-2-5(25)3-4-6(12,13)7(14,15)8(16,17)9(18,19)10(20,21)11(22,23)24/h2H,1,3-4H2. The molecule has 0 rings (SSSR count). The molecule has 1 nitrogen and oxygen atoms in total. The van der Waals surface area contributed by atoms with E-state index in [4.69, 9.17) is 0 Å². The summed E-state index contributed by atoms with van der Waals surface area (Å²) in [7, 11) is 0. The van der Waals surface area contributed by atoms with E-state index in [1.807, 2.05) is 0 Å². The van der Waals surface area contributed by atoms with E-state index in [9.17, 15) is 61.9 Å². The van der Waals surface area contributed by atoms with Crippen LogP contribution in [0.5, 0.6) is 0 Å². The monoisotopic (exact) mass is 402 g/mol. The fraction of sp³-hybridized carbons (Fsp3) is 0.727. The summed E-state index contributed by atoms with van der Waals surface area (Å²) < 4.78 is 165. The molecule has 0 saturated heterocycles. The molecule has 0 spiro atoms. The van der Waals surface area contributed by atoms with Crippen molar-refractivity contribution in [1.29, 1.82) is 0 Å². The molecule has 0 heterocycles. The minimum atomic E-state index is -7.92. The van der Waals surface area contributed by atoms with Crippen molar-refractivity contribution in [3.8, 4) is 0 Å². The lowest BCUT2D eigenvalue weighted by Crippen LogP contribution is -2.70. The zero-order valence-electron chi connectivity index (χ0n) is 11.5. The van der Waals surface area contributed by atoms with Gasteiger partial charge in [-0.05, 0) is 6.08 Å². The van der Waals surface area contributed by atoms with Gasteiger partial charge in [0, 0.05) is 12.8 Å². The molecule has 14 heteroatoms. The summed E-state index contributed by atoms with van der Waals surface area (Å²) in [6.07, 6.45) is -11.3. The van der Waals surface area contributed by atoms with Gasteiger partial charge in [0.1, 0.15) is 0 Å². The highest BCUT2D eigenvalue weighted by Gasteiger charge is 2.90. The van der Waals surface area contributed by atoms with Crippen LogP contribution < -0.4 is 0 Å². The maximum absolute atomic E-state index is 13.1. The smallest absolute Gasteiger partial charge is 0.295 e. The van der Waals surface area contributed by atoms with E-state index in [1.165, 1.54) is 0 Å². The average molecular weight is 402 g/mol. The molecule has 0 aliphatic rings. The van der Waals surface area contributed by atoms with Crippen molar-refractivity contribution in [2.45, 2.75) is 48.6 Å². The van der Waals surface area contributed by atoms with Crippen LogP contribution in [0.15, 0.2) is 12.7 Å². The molecular weight excluding hydrogens is 395 g/mol. The molecule has 0 unspecified atom stereocenters. The molecule has 0 N–H and O–H groups in total. The molecule has 0 aliphatic carbocycles. The number of halogens is 13. The van der Waals surface area contributed by atoms with Gasteiger partial charge in [0.25, 0.3) is 0 Å². The third-order valence-corrected chi connectivity index (χ3v) is 2.91. The van der Waals surface area contributed by atoms with E-state index in [1.54, 1.807) is 0 Å². The highest BCUT2D eigenvalue weighted by atomic mass is 19.4. The van der Waals surface area contributed by atoms with Crippen molar-refractivity contribution in [3.05, 3.63) is 12.7 Å². The van der Waals surface area contributed by atoms with Crippen molar-refractivity contribution < 1.29 is 61.9 Å². The second kappa shape index (κ2) is 6.34.